The Labute approximate surface area is 163 Å². The summed E-state index contributed by atoms with van der Waals surface area (Å²) in [6.07, 6.45) is 3.65. The molecule has 2 aromatic carbocycles. The first-order chi connectivity index (χ1) is 12.5. The van der Waals surface area contributed by atoms with E-state index in [4.69, 9.17) is 12.2 Å². The molecule has 7 nitrogen and oxygen atoms in total. The van der Waals surface area contributed by atoms with Crippen LogP contribution in [0.1, 0.15) is 5.56 Å². The number of hydrogen-bond acceptors (Lipinski definition) is 4. The molecule has 0 saturated carbocycles. The monoisotopic (exact) mass is 431 g/mol. The number of nitro groups is 1. The summed E-state index contributed by atoms with van der Waals surface area (Å²) in [5, 5.41) is 21.4. The van der Waals surface area contributed by atoms with Crippen molar-refractivity contribution < 1.29 is 4.92 Å². The fourth-order valence-electron chi connectivity index (χ4n) is 2.32. The molecular formula is C17H14BrN5O2S. The van der Waals surface area contributed by atoms with Gasteiger partial charge in [-0.05, 0) is 58.0 Å². The van der Waals surface area contributed by atoms with Gasteiger partial charge >= 0.3 is 0 Å². The van der Waals surface area contributed by atoms with Crippen molar-refractivity contribution in [2.45, 2.75) is 6.54 Å². The molecule has 0 aliphatic rings. The smallest absolute Gasteiger partial charge is 0.269 e. The van der Waals surface area contributed by atoms with E-state index in [1.165, 1.54) is 12.1 Å². The second-order valence-electron chi connectivity index (χ2n) is 5.44. The van der Waals surface area contributed by atoms with Crippen molar-refractivity contribution in [3.63, 3.8) is 0 Å². The van der Waals surface area contributed by atoms with E-state index in [0.717, 1.165) is 15.7 Å². The van der Waals surface area contributed by atoms with Crippen LogP contribution in [0.4, 0.5) is 17.1 Å². The SMILES string of the molecule is O=[N+]([O-])c1ccc(NC(=S)Nc2cccc(Cn3cc(Br)cn3)c2)cc1. The van der Waals surface area contributed by atoms with Gasteiger partial charge in [0.25, 0.3) is 5.69 Å². The number of non-ortho nitro benzene ring substituents is 1. The highest BCUT2D eigenvalue weighted by Crippen LogP contribution is 2.17. The molecule has 0 aliphatic carbocycles. The normalized spacial score (nSPS) is 10.3. The molecule has 9 heteroatoms. The number of halogens is 1. The highest BCUT2D eigenvalue weighted by Gasteiger charge is 2.05. The minimum Gasteiger partial charge on any atom is -0.332 e. The van der Waals surface area contributed by atoms with E-state index in [1.54, 1.807) is 18.3 Å². The minimum absolute atomic E-state index is 0.0346. The zero-order valence-electron chi connectivity index (χ0n) is 13.4. The Bertz CT molecular complexity index is 942. The first-order valence-electron chi connectivity index (χ1n) is 7.59. The van der Waals surface area contributed by atoms with Crippen LogP contribution in [-0.4, -0.2) is 19.8 Å². The minimum atomic E-state index is -0.440. The van der Waals surface area contributed by atoms with E-state index in [0.29, 0.717) is 17.3 Å². The predicted octanol–water partition coefficient (Wildman–Crippen LogP) is 4.41. The Morgan fingerprint density at radius 2 is 1.92 bits per heavy atom. The van der Waals surface area contributed by atoms with E-state index in [-0.39, 0.29) is 5.69 Å². The van der Waals surface area contributed by atoms with E-state index < -0.39 is 4.92 Å². The Hall–Kier alpha value is -2.78. The molecule has 1 aromatic heterocycles. The Balaban J connectivity index is 1.62. The highest BCUT2D eigenvalue weighted by molar-refractivity contribution is 9.10. The van der Waals surface area contributed by atoms with Crippen LogP contribution in [0.2, 0.25) is 0 Å². The third-order valence-corrected chi connectivity index (χ3v) is 4.08. The van der Waals surface area contributed by atoms with Crippen molar-refractivity contribution >= 4 is 50.3 Å². The van der Waals surface area contributed by atoms with Crippen molar-refractivity contribution in [3.05, 3.63) is 81.1 Å². The van der Waals surface area contributed by atoms with Crippen LogP contribution in [0, 0.1) is 10.1 Å². The lowest BCUT2D eigenvalue weighted by molar-refractivity contribution is -0.384. The molecule has 0 atom stereocenters. The Morgan fingerprint density at radius 1 is 1.19 bits per heavy atom. The van der Waals surface area contributed by atoms with E-state index in [1.807, 2.05) is 35.1 Å². The third-order valence-electron chi connectivity index (χ3n) is 3.47. The number of thiocarbonyl (C=S) groups is 1. The number of aromatic nitrogens is 2. The zero-order chi connectivity index (χ0) is 18.5. The van der Waals surface area contributed by atoms with Crippen LogP contribution in [0.25, 0.3) is 0 Å². The molecule has 0 amide bonds. The summed E-state index contributed by atoms with van der Waals surface area (Å²) < 4.78 is 2.76. The molecule has 0 saturated heterocycles. The number of anilines is 2. The lowest BCUT2D eigenvalue weighted by Crippen LogP contribution is -2.19. The van der Waals surface area contributed by atoms with Gasteiger partial charge in [-0.2, -0.15) is 5.10 Å². The van der Waals surface area contributed by atoms with Gasteiger partial charge in [-0.3, -0.25) is 14.8 Å². The Kier molecular flexibility index (Phi) is 5.59. The molecule has 3 rings (SSSR count). The number of rotatable bonds is 5. The van der Waals surface area contributed by atoms with Crippen LogP contribution in [0.5, 0.6) is 0 Å². The lowest BCUT2D eigenvalue weighted by Gasteiger charge is -2.11. The quantitative estimate of drug-likeness (QED) is 0.353. The van der Waals surface area contributed by atoms with Gasteiger partial charge in [0.05, 0.1) is 22.1 Å². The summed E-state index contributed by atoms with van der Waals surface area (Å²) in [6, 6.07) is 13.9. The van der Waals surface area contributed by atoms with Crippen molar-refractivity contribution in [3.8, 4) is 0 Å². The molecule has 0 spiro atoms. The third kappa shape index (κ3) is 4.87. The van der Waals surface area contributed by atoms with Crippen LogP contribution in [0.3, 0.4) is 0 Å². The largest absolute Gasteiger partial charge is 0.332 e. The summed E-state index contributed by atoms with van der Waals surface area (Å²) in [5.74, 6) is 0. The summed E-state index contributed by atoms with van der Waals surface area (Å²) in [7, 11) is 0. The van der Waals surface area contributed by atoms with E-state index >= 15 is 0 Å². The number of hydrogen-bond donors (Lipinski definition) is 2. The topological polar surface area (TPSA) is 85.0 Å². The first-order valence-corrected chi connectivity index (χ1v) is 8.79. The second-order valence-corrected chi connectivity index (χ2v) is 6.76. The predicted molar refractivity (Wildman–Crippen MR) is 108 cm³/mol. The number of nitrogens with one attached hydrogen (secondary N) is 2. The van der Waals surface area contributed by atoms with Crippen LogP contribution in [-0.2, 0) is 6.54 Å². The van der Waals surface area contributed by atoms with Crippen LogP contribution >= 0.6 is 28.1 Å². The maximum Gasteiger partial charge on any atom is 0.269 e. The molecule has 26 heavy (non-hydrogen) atoms. The number of nitro benzene ring substituents is 1. The van der Waals surface area contributed by atoms with Crippen LogP contribution < -0.4 is 10.6 Å². The number of benzene rings is 2. The zero-order valence-corrected chi connectivity index (χ0v) is 15.8. The van der Waals surface area contributed by atoms with Crippen molar-refractivity contribution in [2.75, 3.05) is 10.6 Å². The van der Waals surface area contributed by atoms with Gasteiger partial charge in [0.15, 0.2) is 5.11 Å². The summed E-state index contributed by atoms with van der Waals surface area (Å²) in [4.78, 5) is 10.2. The summed E-state index contributed by atoms with van der Waals surface area (Å²) >= 11 is 8.68. The fraction of sp³-hybridized carbons (Fsp3) is 0.0588. The second kappa shape index (κ2) is 8.07. The average molecular weight is 432 g/mol. The lowest BCUT2D eigenvalue weighted by atomic mass is 10.2. The molecular weight excluding hydrogens is 418 g/mol. The summed E-state index contributed by atoms with van der Waals surface area (Å²) in [6.45, 7) is 0.643. The molecule has 0 aliphatic heterocycles. The Morgan fingerprint density at radius 3 is 2.58 bits per heavy atom. The van der Waals surface area contributed by atoms with Gasteiger partial charge in [-0.15, -0.1) is 0 Å². The first kappa shape index (κ1) is 18.0. The maximum atomic E-state index is 10.7. The molecule has 0 unspecified atom stereocenters. The molecule has 3 aromatic rings. The average Bonchev–Trinajstić information content (AvgIpc) is 3.00. The van der Waals surface area contributed by atoms with Gasteiger partial charge in [-0.1, -0.05) is 12.1 Å². The standard InChI is InChI=1S/C17H14BrN5O2S/c18-13-9-19-22(11-13)10-12-2-1-3-15(8-12)21-17(26)20-14-4-6-16(7-5-14)23(24)25/h1-9,11H,10H2,(H2,20,21,26). The van der Waals surface area contributed by atoms with Crippen LogP contribution in [0.15, 0.2) is 65.4 Å². The van der Waals surface area contributed by atoms with E-state index in [9.17, 15) is 10.1 Å². The number of nitrogens with zero attached hydrogens (tertiary/aromatic N) is 3. The van der Waals surface area contributed by atoms with Crippen molar-refractivity contribution in [2.24, 2.45) is 0 Å². The van der Waals surface area contributed by atoms with Gasteiger partial charge in [0.2, 0.25) is 0 Å². The van der Waals surface area contributed by atoms with Gasteiger partial charge in [-0.25, -0.2) is 0 Å². The van der Waals surface area contributed by atoms with E-state index in [2.05, 4.69) is 31.7 Å². The molecule has 0 fully saturated rings. The van der Waals surface area contributed by atoms with Gasteiger partial charge in [0, 0.05) is 29.7 Å². The molecule has 132 valence electrons. The van der Waals surface area contributed by atoms with Gasteiger partial charge < -0.3 is 10.6 Å². The highest BCUT2D eigenvalue weighted by atomic mass is 79.9. The van der Waals surface area contributed by atoms with Gasteiger partial charge in [0.1, 0.15) is 0 Å². The fourth-order valence-corrected chi connectivity index (χ4v) is 2.88. The summed E-state index contributed by atoms with van der Waals surface area (Å²) in [5.41, 5.74) is 2.62. The van der Waals surface area contributed by atoms with Crippen molar-refractivity contribution in [1.82, 2.24) is 9.78 Å². The molecule has 0 radical (unpaired) electrons. The maximum absolute atomic E-state index is 10.7. The molecule has 2 N–H and O–H groups in total. The van der Waals surface area contributed by atoms with Crippen molar-refractivity contribution in [1.29, 1.82) is 0 Å². The molecule has 1 heterocycles. The molecule has 0 bridgehead atoms.